The molecule has 0 aliphatic rings. The van der Waals surface area contributed by atoms with E-state index < -0.39 is 10.9 Å². The number of carbonyl (C=O) groups is 1. The van der Waals surface area contributed by atoms with Crippen LogP contribution in [-0.2, 0) is 4.74 Å². The van der Waals surface area contributed by atoms with Gasteiger partial charge in [-0.2, -0.15) is 0 Å². The molecule has 2 rings (SSSR count). The van der Waals surface area contributed by atoms with Crippen LogP contribution in [0.3, 0.4) is 0 Å². The van der Waals surface area contributed by atoms with Gasteiger partial charge < -0.3 is 4.74 Å². The van der Waals surface area contributed by atoms with E-state index in [1.807, 2.05) is 0 Å². The van der Waals surface area contributed by atoms with E-state index in [4.69, 9.17) is 23.2 Å². The highest BCUT2D eigenvalue weighted by Crippen LogP contribution is 2.45. The van der Waals surface area contributed by atoms with E-state index in [1.165, 1.54) is 25.6 Å². The number of thiophene rings is 1. The fraction of sp³-hybridized carbons (Fsp3) is 0.0909. The molecule has 2 heterocycles. The second kappa shape index (κ2) is 6.61. The van der Waals surface area contributed by atoms with Crippen molar-refractivity contribution in [2.45, 2.75) is 9.10 Å². The van der Waals surface area contributed by atoms with E-state index in [9.17, 15) is 14.9 Å². The van der Waals surface area contributed by atoms with Gasteiger partial charge in [-0.05, 0) is 0 Å². The van der Waals surface area contributed by atoms with Crippen LogP contribution in [0.2, 0.25) is 10.0 Å². The first-order valence-corrected chi connectivity index (χ1v) is 7.66. The summed E-state index contributed by atoms with van der Waals surface area (Å²) < 4.78 is 4.85. The van der Waals surface area contributed by atoms with E-state index in [0.717, 1.165) is 23.1 Å². The zero-order valence-electron chi connectivity index (χ0n) is 10.3. The summed E-state index contributed by atoms with van der Waals surface area (Å²) in [6.07, 6.45) is 2.77. The fourth-order valence-corrected chi connectivity index (χ4v) is 4.14. The standard InChI is InChI=1S/C11H6Cl2N2O4S2/c1-19-10(16)8-2-7(15(17)18)11(20-8)21-9-5(12)3-14-4-6(9)13/h2-4H,1H3. The lowest BCUT2D eigenvalue weighted by Gasteiger charge is -2.03. The summed E-state index contributed by atoms with van der Waals surface area (Å²) in [6.45, 7) is 0. The van der Waals surface area contributed by atoms with E-state index in [0.29, 0.717) is 4.90 Å². The van der Waals surface area contributed by atoms with Crippen molar-refractivity contribution in [3.05, 3.63) is 43.5 Å². The molecule has 0 fully saturated rings. The molecule has 0 aromatic carbocycles. The van der Waals surface area contributed by atoms with Gasteiger partial charge in [0.1, 0.15) is 9.09 Å². The highest BCUT2D eigenvalue weighted by atomic mass is 35.5. The third kappa shape index (κ3) is 3.46. The van der Waals surface area contributed by atoms with Gasteiger partial charge in [-0.25, -0.2) is 4.79 Å². The molecule has 0 atom stereocenters. The summed E-state index contributed by atoms with van der Waals surface area (Å²) in [5, 5.41) is 11.6. The van der Waals surface area contributed by atoms with Crippen molar-refractivity contribution in [3.63, 3.8) is 0 Å². The van der Waals surface area contributed by atoms with Gasteiger partial charge in [-0.3, -0.25) is 15.1 Å². The molecular formula is C11H6Cl2N2O4S2. The smallest absolute Gasteiger partial charge is 0.348 e. The Bertz CT molecular complexity index is 700. The number of hydrogen-bond acceptors (Lipinski definition) is 7. The lowest BCUT2D eigenvalue weighted by Crippen LogP contribution is -1.97. The number of rotatable bonds is 4. The Kier molecular flexibility index (Phi) is 5.04. The highest BCUT2D eigenvalue weighted by molar-refractivity contribution is 8.01. The third-order valence-corrected chi connectivity index (χ3v) is 5.50. The van der Waals surface area contributed by atoms with Gasteiger partial charge >= 0.3 is 5.97 Å². The van der Waals surface area contributed by atoms with E-state index in [2.05, 4.69) is 9.72 Å². The number of carbonyl (C=O) groups excluding carboxylic acids is 1. The van der Waals surface area contributed by atoms with Crippen LogP contribution in [0.1, 0.15) is 9.67 Å². The van der Waals surface area contributed by atoms with Gasteiger partial charge in [0.25, 0.3) is 5.69 Å². The predicted molar refractivity (Wildman–Crippen MR) is 80.7 cm³/mol. The number of methoxy groups -OCH3 is 1. The molecule has 110 valence electrons. The molecule has 0 amide bonds. The first kappa shape index (κ1) is 16.0. The number of nitro groups is 1. The minimum Gasteiger partial charge on any atom is -0.465 e. The molecule has 0 radical (unpaired) electrons. The first-order valence-electron chi connectivity index (χ1n) is 5.27. The van der Waals surface area contributed by atoms with Crippen LogP contribution in [-0.4, -0.2) is 23.0 Å². The van der Waals surface area contributed by atoms with E-state index in [1.54, 1.807) is 0 Å². The number of halogens is 2. The predicted octanol–water partition coefficient (Wildman–Crippen LogP) is 4.30. The normalized spacial score (nSPS) is 10.4. The molecule has 0 N–H and O–H groups in total. The molecule has 6 nitrogen and oxygen atoms in total. The van der Waals surface area contributed by atoms with Gasteiger partial charge in [0.05, 0.1) is 27.0 Å². The van der Waals surface area contributed by atoms with Crippen molar-refractivity contribution in [2.24, 2.45) is 0 Å². The third-order valence-electron chi connectivity index (χ3n) is 2.27. The number of esters is 1. The van der Waals surface area contributed by atoms with Gasteiger partial charge in [0.15, 0.2) is 0 Å². The maximum Gasteiger partial charge on any atom is 0.348 e. The second-order valence-corrected chi connectivity index (χ2v) is 6.71. The molecule has 0 saturated heterocycles. The number of hydrogen-bond donors (Lipinski definition) is 0. The van der Waals surface area contributed by atoms with Gasteiger partial charge in [-0.15, -0.1) is 11.3 Å². The Morgan fingerprint density at radius 1 is 1.43 bits per heavy atom. The number of nitrogens with zero attached hydrogens (tertiary/aromatic N) is 2. The molecule has 0 spiro atoms. The summed E-state index contributed by atoms with van der Waals surface area (Å²) in [5.74, 6) is -0.637. The Labute approximate surface area is 137 Å². The van der Waals surface area contributed by atoms with Crippen molar-refractivity contribution in [2.75, 3.05) is 7.11 Å². The van der Waals surface area contributed by atoms with Crippen molar-refractivity contribution < 1.29 is 14.5 Å². The summed E-state index contributed by atoms with van der Waals surface area (Å²) in [4.78, 5) is 26.4. The Morgan fingerprint density at radius 3 is 2.57 bits per heavy atom. The van der Waals surface area contributed by atoms with Crippen LogP contribution in [0.15, 0.2) is 27.6 Å². The Hall–Kier alpha value is -1.35. The molecule has 0 bridgehead atoms. The average Bonchev–Trinajstić information content (AvgIpc) is 2.86. The molecule has 2 aromatic heterocycles. The molecule has 0 saturated carbocycles. The topological polar surface area (TPSA) is 82.3 Å². The molecule has 21 heavy (non-hydrogen) atoms. The van der Waals surface area contributed by atoms with Crippen molar-refractivity contribution >= 4 is 58.0 Å². The monoisotopic (exact) mass is 364 g/mol. The van der Waals surface area contributed by atoms with Crippen LogP contribution in [0.25, 0.3) is 0 Å². The summed E-state index contributed by atoms with van der Waals surface area (Å²) in [5.41, 5.74) is -0.200. The lowest BCUT2D eigenvalue weighted by atomic mass is 10.4. The average molecular weight is 365 g/mol. The molecule has 2 aromatic rings. The highest BCUT2D eigenvalue weighted by Gasteiger charge is 2.25. The van der Waals surface area contributed by atoms with E-state index >= 15 is 0 Å². The SMILES string of the molecule is COC(=O)c1cc([N+](=O)[O-])c(Sc2c(Cl)cncc2Cl)s1. The maximum atomic E-state index is 11.5. The summed E-state index contributed by atoms with van der Waals surface area (Å²) >= 11 is 13.9. The molecular weight excluding hydrogens is 359 g/mol. The maximum absolute atomic E-state index is 11.5. The van der Waals surface area contributed by atoms with Crippen LogP contribution in [0.4, 0.5) is 5.69 Å². The molecule has 0 aliphatic carbocycles. The number of aromatic nitrogens is 1. The van der Waals surface area contributed by atoms with Crippen LogP contribution >= 0.6 is 46.3 Å². The zero-order chi connectivity index (χ0) is 15.6. The number of ether oxygens (including phenoxy) is 1. The lowest BCUT2D eigenvalue weighted by molar-refractivity contribution is -0.387. The summed E-state index contributed by atoms with van der Waals surface area (Å²) in [6, 6.07) is 1.17. The van der Waals surface area contributed by atoms with E-state index in [-0.39, 0.29) is 24.8 Å². The Balaban J connectivity index is 2.46. The molecule has 0 aliphatic heterocycles. The van der Waals surface area contributed by atoms with Crippen molar-refractivity contribution in [1.29, 1.82) is 0 Å². The minimum atomic E-state index is -0.637. The van der Waals surface area contributed by atoms with Crippen LogP contribution in [0.5, 0.6) is 0 Å². The van der Waals surface area contributed by atoms with Crippen molar-refractivity contribution in [3.8, 4) is 0 Å². The summed E-state index contributed by atoms with van der Waals surface area (Å²) in [7, 11) is 1.21. The van der Waals surface area contributed by atoms with Crippen LogP contribution in [0, 0.1) is 10.1 Å². The first-order chi connectivity index (χ1) is 9.93. The largest absolute Gasteiger partial charge is 0.465 e. The molecule has 0 unspecified atom stereocenters. The van der Waals surface area contributed by atoms with Gasteiger partial charge in [0.2, 0.25) is 0 Å². The molecule has 10 heteroatoms. The minimum absolute atomic E-state index is 0.132. The quantitative estimate of drug-likeness (QED) is 0.457. The van der Waals surface area contributed by atoms with Gasteiger partial charge in [-0.1, -0.05) is 35.0 Å². The van der Waals surface area contributed by atoms with Gasteiger partial charge in [0, 0.05) is 18.5 Å². The number of pyridine rings is 1. The van der Waals surface area contributed by atoms with Crippen LogP contribution < -0.4 is 0 Å². The van der Waals surface area contributed by atoms with Crippen molar-refractivity contribution in [1.82, 2.24) is 4.98 Å². The Morgan fingerprint density at radius 2 is 2.05 bits per heavy atom. The fourth-order valence-electron chi connectivity index (χ4n) is 1.36. The second-order valence-electron chi connectivity index (χ2n) is 3.57. The zero-order valence-corrected chi connectivity index (χ0v) is 13.5.